The summed E-state index contributed by atoms with van der Waals surface area (Å²) in [6.07, 6.45) is 0. The number of hydrogen-bond acceptors (Lipinski definition) is 1. The lowest BCUT2D eigenvalue weighted by molar-refractivity contribution is 0.369. The molecule has 0 radical (unpaired) electrons. The predicted molar refractivity (Wildman–Crippen MR) is 42.4 cm³/mol. The number of ether oxygens (including phenoxy) is 1. The van der Waals surface area contributed by atoms with E-state index in [0.29, 0.717) is 0 Å². The highest BCUT2D eigenvalue weighted by Gasteiger charge is 2.11. The molecule has 13 heavy (non-hydrogen) atoms. The molecule has 0 saturated heterocycles. The van der Waals surface area contributed by atoms with Crippen molar-refractivity contribution in [1.29, 1.82) is 0 Å². The van der Waals surface area contributed by atoms with Crippen molar-refractivity contribution < 1.29 is 17.9 Å². The van der Waals surface area contributed by atoms with Gasteiger partial charge in [0.05, 0.1) is 7.11 Å². The van der Waals surface area contributed by atoms with Crippen molar-refractivity contribution in [3.63, 3.8) is 0 Å². The van der Waals surface area contributed by atoms with Crippen LogP contribution in [-0.4, -0.2) is 7.11 Å². The van der Waals surface area contributed by atoms with E-state index >= 15 is 0 Å². The van der Waals surface area contributed by atoms with Gasteiger partial charge in [-0.3, -0.25) is 0 Å². The third-order valence-electron chi connectivity index (χ3n) is 1.55. The Kier molecular flexibility index (Phi) is 2.60. The SMILES string of the molecule is C=C(OC)c1cc(F)c(F)c(F)c1. The van der Waals surface area contributed by atoms with Gasteiger partial charge in [0.2, 0.25) is 0 Å². The molecule has 0 aromatic heterocycles. The Balaban J connectivity index is 3.20. The first-order valence-corrected chi connectivity index (χ1v) is 3.44. The Labute approximate surface area is 73.4 Å². The van der Waals surface area contributed by atoms with Gasteiger partial charge in [-0.1, -0.05) is 6.58 Å². The van der Waals surface area contributed by atoms with Crippen LogP contribution in [0.25, 0.3) is 5.76 Å². The molecule has 0 aliphatic carbocycles. The summed E-state index contributed by atoms with van der Waals surface area (Å²) in [5.41, 5.74) is 0.0823. The van der Waals surface area contributed by atoms with E-state index < -0.39 is 17.5 Å². The van der Waals surface area contributed by atoms with Crippen molar-refractivity contribution in [2.24, 2.45) is 0 Å². The molecule has 0 saturated carbocycles. The molecule has 1 aromatic rings. The summed E-state index contributed by atoms with van der Waals surface area (Å²) in [5.74, 6) is -3.92. The second-order valence-electron chi connectivity index (χ2n) is 2.38. The lowest BCUT2D eigenvalue weighted by Crippen LogP contribution is -1.94. The van der Waals surface area contributed by atoms with Gasteiger partial charge in [-0.15, -0.1) is 0 Å². The third kappa shape index (κ3) is 1.83. The third-order valence-corrected chi connectivity index (χ3v) is 1.55. The van der Waals surface area contributed by atoms with E-state index in [9.17, 15) is 13.2 Å². The highest BCUT2D eigenvalue weighted by Crippen LogP contribution is 2.19. The molecule has 0 spiro atoms. The fourth-order valence-electron chi connectivity index (χ4n) is 0.834. The monoisotopic (exact) mass is 188 g/mol. The van der Waals surface area contributed by atoms with E-state index in [-0.39, 0.29) is 11.3 Å². The molecule has 0 fully saturated rings. The van der Waals surface area contributed by atoms with Crippen LogP contribution in [0.4, 0.5) is 13.2 Å². The zero-order valence-corrected chi connectivity index (χ0v) is 6.90. The average Bonchev–Trinajstić information content (AvgIpc) is 2.12. The Hall–Kier alpha value is -1.45. The Morgan fingerprint density at radius 1 is 1.23 bits per heavy atom. The van der Waals surface area contributed by atoms with Crippen molar-refractivity contribution in [2.75, 3.05) is 7.11 Å². The van der Waals surface area contributed by atoms with Crippen molar-refractivity contribution in [3.8, 4) is 0 Å². The maximum atomic E-state index is 12.6. The van der Waals surface area contributed by atoms with E-state index in [1.165, 1.54) is 7.11 Å². The Morgan fingerprint density at radius 2 is 1.69 bits per heavy atom. The standard InChI is InChI=1S/C9H7F3O/c1-5(13-2)6-3-7(10)9(12)8(11)4-6/h3-4H,1H2,2H3. The van der Waals surface area contributed by atoms with Gasteiger partial charge in [-0.25, -0.2) is 13.2 Å². The van der Waals surface area contributed by atoms with Crippen LogP contribution in [-0.2, 0) is 4.74 Å². The number of benzene rings is 1. The van der Waals surface area contributed by atoms with Gasteiger partial charge in [-0.2, -0.15) is 0 Å². The molecule has 1 nitrogen and oxygen atoms in total. The van der Waals surface area contributed by atoms with Gasteiger partial charge in [0.1, 0.15) is 5.76 Å². The van der Waals surface area contributed by atoms with Crippen LogP contribution < -0.4 is 0 Å². The van der Waals surface area contributed by atoms with Gasteiger partial charge in [0.25, 0.3) is 0 Å². The maximum absolute atomic E-state index is 12.6. The number of methoxy groups -OCH3 is 1. The lowest BCUT2D eigenvalue weighted by atomic mass is 10.2. The fraction of sp³-hybridized carbons (Fsp3) is 0.111. The minimum absolute atomic E-state index is 0.0813. The molecular weight excluding hydrogens is 181 g/mol. The minimum Gasteiger partial charge on any atom is -0.497 e. The molecule has 0 aliphatic heterocycles. The highest BCUT2D eigenvalue weighted by molar-refractivity contribution is 5.57. The van der Waals surface area contributed by atoms with E-state index in [2.05, 4.69) is 11.3 Å². The number of halogens is 3. The normalized spacial score (nSPS) is 9.85. The smallest absolute Gasteiger partial charge is 0.194 e. The first-order valence-electron chi connectivity index (χ1n) is 3.44. The Bertz CT molecular complexity index is 324. The summed E-state index contributed by atoms with van der Waals surface area (Å²) >= 11 is 0. The molecule has 4 heteroatoms. The largest absolute Gasteiger partial charge is 0.497 e. The molecule has 1 rings (SSSR count). The molecule has 0 amide bonds. The van der Waals surface area contributed by atoms with E-state index in [1.807, 2.05) is 0 Å². The first kappa shape index (κ1) is 9.64. The van der Waals surface area contributed by atoms with E-state index in [0.717, 1.165) is 12.1 Å². The van der Waals surface area contributed by atoms with Gasteiger partial charge < -0.3 is 4.74 Å². The van der Waals surface area contributed by atoms with Crippen LogP contribution in [0.1, 0.15) is 5.56 Å². The summed E-state index contributed by atoms with van der Waals surface area (Å²) < 4.78 is 42.3. The van der Waals surface area contributed by atoms with Crippen molar-refractivity contribution in [3.05, 3.63) is 41.7 Å². The summed E-state index contributed by atoms with van der Waals surface area (Å²) in [7, 11) is 1.31. The summed E-state index contributed by atoms with van der Waals surface area (Å²) in [6.45, 7) is 3.38. The summed E-state index contributed by atoms with van der Waals surface area (Å²) in [5, 5.41) is 0. The van der Waals surface area contributed by atoms with Gasteiger partial charge in [0.15, 0.2) is 17.5 Å². The predicted octanol–water partition coefficient (Wildman–Crippen LogP) is 2.72. The molecule has 0 bridgehead atoms. The van der Waals surface area contributed by atoms with Gasteiger partial charge >= 0.3 is 0 Å². The van der Waals surface area contributed by atoms with Gasteiger partial charge in [0, 0.05) is 5.56 Å². The molecule has 0 heterocycles. The van der Waals surface area contributed by atoms with Crippen LogP contribution in [0, 0.1) is 17.5 Å². The van der Waals surface area contributed by atoms with Crippen molar-refractivity contribution in [1.82, 2.24) is 0 Å². The van der Waals surface area contributed by atoms with Crippen LogP contribution in [0.5, 0.6) is 0 Å². The molecular formula is C9H7F3O. The van der Waals surface area contributed by atoms with Crippen LogP contribution in [0.3, 0.4) is 0 Å². The molecule has 0 atom stereocenters. The molecule has 1 aromatic carbocycles. The lowest BCUT2D eigenvalue weighted by Gasteiger charge is -2.04. The van der Waals surface area contributed by atoms with Gasteiger partial charge in [-0.05, 0) is 12.1 Å². The topological polar surface area (TPSA) is 9.23 Å². The molecule has 70 valence electrons. The Morgan fingerprint density at radius 3 is 2.08 bits per heavy atom. The summed E-state index contributed by atoms with van der Waals surface area (Å²) in [4.78, 5) is 0. The zero-order valence-electron chi connectivity index (χ0n) is 6.90. The average molecular weight is 188 g/mol. The summed E-state index contributed by atoms with van der Waals surface area (Å²) in [6, 6.07) is 1.65. The first-order chi connectivity index (χ1) is 6.06. The highest BCUT2D eigenvalue weighted by atomic mass is 19.2. The zero-order chi connectivity index (χ0) is 10.0. The fourth-order valence-corrected chi connectivity index (χ4v) is 0.834. The molecule has 0 unspecified atom stereocenters. The van der Waals surface area contributed by atoms with Crippen molar-refractivity contribution >= 4 is 5.76 Å². The van der Waals surface area contributed by atoms with Crippen LogP contribution >= 0.6 is 0 Å². The second-order valence-corrected chi connectivity index (χ2v) is 2.38. The number of rotatable bonds is 2. The maximum Gasteiger partial charge on any atom is 0.194 e. The van der Waals surface area contributed by atoms with Crippen molar-refractivity contribution in [2.45, 2.75) is 0 Å². The van der Waals surface area contributed by atoms with E-state index in [1.54, 1.807) is 0 Å². The molecule has 0 aliphatic rings. The minimum atomic E-state index is -1.49. The van der Waals surface area contributed by atoms with Crippen LogP contribution in [0.2, 0.25) is 0 Å². The molecule has 0 N–H and O–H groups in total. The quantitative estimate of drug-likeness (QED) is 0.512. The van der Waals surface area contributed by atoms with E-state index in [4.69, 9.17) is 0 Å². The second kappa shape index (κ2) is 3.51. The van der Waals surface area contributed by atoms with Crippen LogP contribution in [0.15, 0.2) is 18.7 Å². The number of hydrogen-bond donors (Lipinski definition) is 0.